The smallest absolute Gasteiger partial charge is 0.153 e. The summed E-state index contributed by atoms with van der Waals surface area (Å²) in [4.78, 5) is 0. The van der Waals surface area contributed by atoms with Gasteiger partial charge in [0.25, 0.3) is 0 Å². The SMILES string of the molecule is N.OCCC(O)O. The zero-order valence-electron chi connectivity index (χ0n) is 4.04. The molecule has 0 radical (unpaired) electrons. The lowest BCUT2D eigenvalue weighted by atomic mass is 10.5. The van der Waals surface area contributed by atoms with Gasteiger partial charge in [0.05, 0.1) is 0 Å². The highest BCUT2D eigenvalue weighted by atomic mass is 16.5. The van der Waals surface area contributed by atoms with E-state index in [4.69, 9.17) is 15.3 Å². The van der Waals surface area contributed by atoms with Crippen LogP contribution in [0.5, 0.6) is 0 Å². The van der Waals surface area contributed by atoms with Gasteiger partial charge in [0.2, 0.25) is 0 Å². The Balaban J connectivity index is 0. The molecule has 0 aliphatic carbocycles. The number of aliphatic hydroxyl groups is 3. The lowest BCUT2D eigenvalue weighted by Crippen LogP contribution is -2.05. The summed E-state index contributed by atoms with van der Waals surface area (Å²) in [5, 5.41) is 23.8. The molecule has 4 nitrogen and oxygen atoms in total. The van der Waals surface area contributed by atoms with Gasteiger partial charge < -0.3 is 21.5 Å². The van der Waals surface area contributed by atoms with Crippen molar-refractivity contribution in [3.63, 3.8) is 0 Å². The van der Waals surface area contributed by atoms with Gasteiger partial charge in [-0.1, -0.05) is 0 Å². The lowest BCUT2D eigenvalue weighted by molar-refractivity contribution is -0.0537. The molecule has 0 unspecified atom stereocenters. The first kappa shape index (κ1) is 9.96. The molecule has 0 heterocycles. The summed E-state index contributed by atoms with van der Waals surface area (Å²) >= 11 is 0. The predicted molar refractivity (Wildman–Crippen MR) is 25.0 cm³/mol. The van der Waals surface area contributed by atoms with Crippen molar-refractivity contribution in [2.45, 2.75) is 12.7 Å². The Morgan fingerprint density at radius 3 is 1.71 bits per heavy atom. The number of rotatable bonds is 2. The van der Waals surface area contributed by atoms with E-state index in [-0.39, 0.29) is 19.2 Å². The van der Waals surface area contributed by atoms with Crippen molar-refractivity contribution in [2.75, 3.05) is 6.61 Å². The molecule has 4 heteroatoms. The summed E-state index contributed by atoms with van der Waals surface area (Å²) in [6.45, 7) is -0.169. The maximum absolute atomic E-state index is 7.95. The van der Waals surface area contributed by atoms with E-state index in [1.807, 2.05) is 0 Å². The Morgan fingerprint density at radius 1 is 1.29 bits per heavy atom. The molecule has 0 atom stereocenters. The molecule has 0 fully saturated rings. The van der Waals surface area contributed by atoms with Gasteiger partial charge in [0.1, 0.15) is 0 Å². The van der Waals surface area contributed by atoms with Crippen LogP contribution in [0.15, 0.2) is 0 Å². The van der Waals surface area contributed by atoms with Gasteiger partial charge in [-0.3, -0.25) is 0 Å². The van der Waals surface area contributed by atoms with Gasteiger partial charge in [-0.25, -0.2) is 0 Å². The van der Waals surface area contributed by atoms with Crippen LogP contribution >= 0.6 is 0 Å². The molecule has 0 bridgehead atoms. The van der Waals surface area contributed by atoms with Crippen LogP contribution < -0.4 is 6.15 Å². The third kappa shape index (κ3) is 10.7. The van der Waals surface area contributed by atoms with E-state index in [1.54, 1.807) is 0 Å². The van der Waals surface area contributed by atoms with E-state index in [2.05, 4.69) is 0 Å². The molecule has 0 aromatic rings. The Bertz CT molecular complexity index is 31.4. The number of hydrogen-bond donors (Lipinski definition) is 4. The van der Waals surface area contributed by atoms with Crippen molar-refractivity contribution in [1.29, 1.82) is 0 Å². The molecule has 0 aliphatic heterocycles. The zero-order chi connectivity index (χ0) is 4.99. The van der Waals surface area contributed by atoms with Crippen LogP contribution in [-0.2, 0) is 0 Å². The number of hydrogen-bond acceptors (Lipinski definition) is 4. The summed E-state index contributed by atoms with van der Waals surface area (Å²) in [5.41, 5.74) is 0. The van der Waals surface area contributed by atoms with Gasteiger partial charge in [0, 0.05) is 13.0 Å². The molecule has 0 aliphatic rings. The van der Waals surface area contributed by atoms with Crippen LogP contribution in [0.1, 0.15) is 6.42 Å². The van der Waals surface area contributed by atoms with Crippen molar-refractivity contribution in [3.05, 3.63) is 0 Å². The van der Waals surface area contributed by atoms with Crippen molar-refractivity contribution >= 4 is 0 Å². The van der Waals surface area contributed by atoms with Crippen molar-refractivity contribution in [1.82, 2.24) is 6.15 Å². The summed E-state index contributed by atoms with van der Waals surface area (Å²) in [6, 6.07) is 0. The fourth-order valence-electron chi connectivity index (χ4n) is 0.115. The van der Waals surface area contributed by atoms with Gasteiger partial charge in [-0.05, 0) is 0 Å². The van der Waals surface area contributed by atoms with Gasteiger partial charge in [-0.2, -0.15) is 0 Å². The highest BCUT2D eigenvalue weighted by Gasteiger charge is 1.90. The molecular weight excluding hydrogens is 98.0 g/mol. The average molecular weight is 109 g/mol. The Hall–Kier alpha value is -0.160. The third-order valence-corrected chi connectivity index (χ3v) is 0.387. The standard InChI is InChI=1S/C3H8O3.H3N/c4-2-1-3(5)6;/h3-6H,1-2H2;1H3. The summed E-state index contributed by atoms with van der Waals surface area (Å²) in [5.74, 6) is 0. The van der Waals surface area contributed by atoms with Crippen LogP contribution in [0.2, 0.25) is 0 Å². The minimum Gasteiger partial charge on any atom is -0.396 e. The third-order valence-electron chi connectivity index (χ3n) is 0.387. The zero-order valence-corrected chi connectivity index (χ0v) is 4.04. The van der Waals surface area contributed by atoms with Crippen molar-refractivity contribution in [2.24, 2.45) is 0 Å². The van der Waals surface area contributed by atoms with Crippen LogP contribution in [0.3, 0.4) is 0 Å². The molecule has 0 spiro atoms. The van der Waals surface area contributed by atoms with Gasteiger partial charge >= 0.3 is 0 Å². The van der Waals surface area contributed by atoms with E-state index >= 15 is 0 Å². The van der Waals surface area contributed by atoms with E-state index in [0.29, 0.717) is 0 Å². The molecule has 0 saturated carbocycles. The molecule has 0 amide bonds. The average Bonchev–Trinajstić information content (AvgIpc) is 1.35. The maximum atomic E-state index is 7.95. The lowest BCUT2D eigenvalue weighted by Gasteiger charge is -1.94. The van der Waals surface area contributed by atoms with Crippen LogP contribution in [-0.4, -0.2) is 28.2 Å². The van der Waals surface area contributed by atoms with Crippen molar-refractivity contribution in [3.8, 4) is 0 Å². The fraction of sp³-hybridized carbons (Fsp3) is 1.00. The van der Waals surface area contributed by atoms with Gasteiger partial charge in [0.15, 0.2) is 6.29 Å². The van der Waals surface area contributed by atoms with E-state index in [1.165, 1.54) is 0 Å². The first-order chi connectivity index (χ1) is 2.77. The highest BCUT2D eigenvalue weighted by Crippen LogP contribution is 1.79. The molecule has 0 aromatic carbocycles. The predicted octanol–water partition coefficient (Wildman–Crippen LogP) is -1.16. The minimum absolute atomic E-state index is 0. The first-order valence-electron chi connectivity index (χ1n) is 1.74. The largest absolute Gasteiger partial charge is 0.396 e. The molecule has 7 heavy (non-hydrogen) atoms. The molecule has 46 valence electrons. The molecular formula is C3H11NO3. The van der Waals surface area contributed by atoms with Gasteiger partial charge in [-0.15, -0.1) is 0 Å². The Morgan fingerprint density at radius 2 is 1.71 bits per heavy atom. The number of aliphatic hydroxyl groups excluding tert-OH is 2. The molecule has 0 saturated heterocycles. The highest BCUT2D eigenvalue weighted by molar-refractivity contribution is 4.30. The van der Waals surface area contributed by atoms with E-state index in [0.717, 1.165) is 0 Å². The maximum Gasteiger partial charge on any atom is 0.153 e. The minimum atomic E-state index is -1.35. The first-order valence-corrected chi connectivity index (χ1v) is 1.74. The summed E-state index contributed by atoms with van der Waals surface area (Å²) < 4.78 is 0. The molecule has 0 aromatic heterocycles. The second kappa shape index (κ2) is 5.84. The second-order valence-electron chi connectivity index (χ2n) is 0.993. The monoisotopic (exact) mass is 109 g/mol. The second-order valence-corrected chi connectivity index (χ2v) is 0.993. The fourth-order valence-corrected chi connectivity index (χ4v) is 0.115. The molecule has 6 N–H and O–H groups in total. The Labute approximate surface area is 42.0 Å². The van der Waals surface area contributed by atoms with E-state index < -0.39 is 6.29 Å². The normalized spacial score (nSPS) is 8.57. The van der Waals surface area contributed by atoms with Crippen LogP contribution in [0, 0.1) is 0 Å². The summed E-state index contributed by atoms with van der Waals surface area (Å²) in [7, 11) is 0. The molecule has 0 rings (SSSR count). The Kier molecular flexibility index (Phi) is 8.31. The van der Waals surface area contributed by atoms with Crippen molar-refractivity contribution < 1.29 is 15.3 Å². The van der Waals surface area contributed by atoms with E-state index in [9.17, 15) is 0 Å². The summed E-state index contributed by atoms with van der Waals surface area (Å²) in [6.07, 6.45) is -1.31. The van der Waals surface area contributed by atoms with Crippen LogP contribution in [0.25, 0.3) is 0 Å². The quantitative estimate of drug-likeness (QED) is 0.336. The van der Waals surface area contributed by atoms with Crippen LogP contribution in [0.4, 0.5) is 0 Å². The topological polar surface area (TPSA) is 95.7 Å².